The van der Waals surface area contributed by atoms with Gasteiger partial charge in [0.1, 0.15) is 0 Å². The molecule has 0 unspecified atom stereocenters. The van der Waals surface area contributed by atoms with E-state index in [-0.39, 0.29) is 6.42 Å². The predicted octanol–water partition coefficient (Wildman–Crippen LogP) is -0.887. The third-order valence-electron chi connectivity index (χ3n) is 2.14. The van der Waals surface area contributed by atoms with E-state index in [1.807, 2.05) is 0 Å². The molecule has 0 atom stereocenters. The molecular weight excluding hydrogens is 248 g/mol. The summed E-state index contributed by atoms with van der Waals surface area (Å²) < 4.78 is 0. The number of aliphatic carboxylic acids is 1. The van der Waals surface area contributed by atoms with Gasteiger partial charge < -0.3 is 25.5 Å². The van der Waals surface area contributed by atoms with Gasteiger partial charge in [-0.15, -0.1) is 0 Å². The van der Waals surface area contributed by atoms with Crippen molar-refractivity contribution >= 4 is 18.6 Å². The monoisotopic (exact) mass is 270 g/mol. The van der Waals surface area contributed by atoms with Crippen LogP contribution in [-0.4, -0.2) is 63.7 Å². The molecule has 0 aliphatic rings. The van der Waals surface area contributed by atoms with Crippen LogP contribution < -0.4 is 0 Å². The molecule has 0 rings (SSSR count). The zero-order valence-electron chi connectivity index (χ0n) is 9.75. The van der Waals surface area contributed by atoms with Crippen LogP contribution in [0.5, 0.6) is 0 Å². The number of carbonyl (C=O) groups is 1. The molecular formula is C10H22O6S. The molecule has 0 bridgehead atoms. The summed E-state index contributed by atoms with van der Waals surface area (Å²) in [7, 11) is 0. The molecule has 0 amide bonds. The zero-order valence-corrected chi connectivity index (χ0v) is 10.6. The number of unbranched alkanes of at least 4 members (excludes halogenated alkanes) is 1. The van der Waals surface area contributed by atoms with E-state index in [0.29, 0.717) is 0 Å². The summed E-state index contributed by atoms with van der Waals surface area (Å²) in [6.45, 7) is -1.62. The van der Waals surface area contributed by atoms with E-state index in [1.165, 1.54) is 0 Å². The summed E-state index contributed by atoms with van der Waals surface area (Å²) in [4.78, 5) is 9.85. The van der Waals surface area contributed by atoms with E-state index in [9.17, 15) is 4.79 Å². The maximum Gasteiger partial charge on any atom is 0.303 e. The average molecular weight is 270 g/mol. The molecule has 0 fully saturated rings. The topological polar surface area (TPSA) is 118 Å². The van der Waals surface area contributed by atoms with Gasteiger partial charge in [0.25, 0.3) is 0 Å². The predicted molar refractivity (Wildman–Crippen MR) is 66.1 cm³/mol. The lowest BCUT2D eigenvalue weighted by Gasteiger charge is -2.23. The van der Waals surface area contributed by atoms with Crippen molar-refractivity contribution in [3.63, 3.8) is 0 Å². The highest BCUT2D eigenvalue weighted by Gasteiger charge is 2.26. The average Bonchev–Trinajstić information content (AvgIpc) is 2.34. The number of carboxylic acid groups (broad SMARTS) is 1. The first-order valence-corrected chi connectivity index (χ1v) is 5.91. The van der Waals surface area contributed by atoms with Crippen molar-refractivity contribution in [1.82, 2.24) is 0 Å². The molecule has 7 heteroatoms. The molecule has 0 saturated heterocycles. The smallest absolute Gasteiger partial charge is 0.303 e. The van der Waals surface area contributed by atoms with Crippen LogP contribution in [0.15, 0.2) is 0 Å². The summed E-state index contributed by atoms with van der Waals surface area (Å²) in [5, 5.41) is 42.1. The van der Waals surface area contributed by atoms with Gasteiger partial charge in [-0.05, 0) is 18.6 Å². The van der Waals surface area contributed by atoms with Gasteiger partial charge >= 0.3 is 5.97 Å². The standard InChI is InChI=1S/C5H12O4.C5H10O2S/c6-1-5(2-7,3-8)4-9;6-5(7)3-1-2-4-8/h6-9H,1-4H2;8H,1-4H2,(H,6,7). The molecule has 0 aromatic heterocycles. The van der Waals surface area contributed by atoms with E-state index in [2.05, 4.69) is 12.6 Å². The van der Waals surface area contributed by atoms with E-state index >= 15 is 0 Å². The Hall–Kier alpha value is -0.340. The Morgan fingerprint density at radius 2 is 1.35 bits per heavy atom. The summed E-state index contributed by atoms with van der Waals surface area (Å²) in [6, 6.07) is 0. The largest absolute Gasteiger partial charge is 0.481 e. The number of hydrogen-bond donors (Lipinski definition) is 6. The molecule has 0 aromatic carbocycles. The zero-order chi connectivity index (χ0) is 13.7. The van der Waals surface area contributed by atoms with Crippen LogP contribution in [0.25, 0.3) is 0 Å². The Morgan fingerprint density at radius 1 is 0.941 bits per heavy atom. The van der Waals surface area contributed by atoms with E-state index in [1.54, 1.807) is 0 Å². The van der Waals surface area contributed by atoms with Crippen molar-refractivity contribution in [2.75, 3.05) is 32.2 Å². The molecule has 0 aliphatic heterocycles. The van der Waals surface area contributed by atoms with Gasteiger partial charge in [0, 0.05) is 6.42 Å². The van der Waals surface area contributed by atoms with Crippen LogP contribution in [0.4, 0.5) is 0 Å². The first kappa shape index (κ1) is 19.0. The van der Waals surface area contributed by atoms with Gasteiger partial charge in [-0.3, -0.25) is 4.79 Å². The Bertz CT molecular complexity index is 166. The number of aliphatic hydroxyl groups is 4. The summed E-state index contributed by atoms with van der Waals surface area (Å²) >= 11 is 3.93. The van der Waals surface area contributed by atoms with Gasteiger partial charge in [-0.1, -0.05) is 0 Å². The minimum atomic E-state index is -1.11. The second-order valence-electron chi connectivity index (χ2n) is 3.71. The van der Waals surface area contributed by atoms with Crippen molar-refractivity contribution in [1.29, 1.82) is 0 Å². The lowest BCUT2D eigenvalue weighted by molar-refractivity contribution is -0.137. The molecule has 17 heavy (non-hydrogen) atoms. The molecule has 104 valence electrons. The lowest BCUT2D eigenvalue weighted by atomic mass is 9.93. The van der Waals surface area contributed by atoms with Crippen molar-refractivity contribution < 1.29 is 30.3 Å². The lowest BCUT2D eigenvalue weighted by Crippen LogP contribution is -2.37. The minimum absolute atomic E-state index is 0.278. The fourth-order valence-corrected chi connectivity index (χ4v) is 0.912. The molecule has 0 heterocycles. The number of thiol groups is 1. The van der Waals surface area contributed by atoms with E-state index in [0.717, 1.165) is 18.6 Å². The van der Waals surface area contributed by atoms with Crippen molar-refractivity contribution in [3.8, 4) is 0 Å². The quantitative estimate of drug-likeness (QED) is 0.252. The fraction of sp³-hybridized carbons (Fsp3) is 0.900. The van der Waals surface area contributed by atoms with E-state index in [4.69, 9.17) is 25.5 Å². The SMILES string of the molecule is O=C(O)CCCCS.OCC(CO)(CO)CO. The van der Waals surface area contributed by atoms with Crippen LogP contribution in [0.2, 0.25) is 0 Å². The molecule has 5 N–H and O–H groups in total. The summed E-state index contributed by atoms with van der Waals surface area (Å²) in [5.41, 5.74) is -1.11. The molecule has 0 aliphatic carbocycles. The number of rotatable bonds is 8. The Kier molecular flexibility index (Phi) is 13.6. The highest BCUT2D eigenvalue weighted by Crippen LogP contribution is 2.11. The van der Waals surface area contributed by atoms with Crippen molar-refractivity contribution in [3.05, 3.63) is 0 Å². The van der Waals surface area contributed by atoms with Crippen molar-refractivity contribution in [2.45, 2.75) is 19.3 Å². The number of aliphatic hydroxyl groups excluding tert-OH is 4. The Morgan fingerprint density at radius 3 is 1.53 bits per heavy atom. The van der Waals surface area contributed by atoms with Gasteiger partial charge in [-0.2, -0.15) is 12.6 Å². The Balaban J connectivity index is 0. The van der Waals surface area contributed by atoms with Crippen LogP contribution >= 0.6 is 12.6 Å². The first-order valence-electron chi connectivity index (χ1n) is 5.28. The normalized spacial score (nSPS) is 10.6. The van der Waals surface area contributed by atoms with Crippen LogP contribution in [-0.2, 0) is 4.79 Å². The molecule has 0 saturated carbocycles. The third-order valence-corrected chi connectivity index (χ3v) is 2.46. The van der Waals surface area contributed by atoms with Gasteiger partial charge in [0.2, 0.25) is 0 Å². The van der Waals surface area contributed by atoms with Gasteiger partial charge in [-0.25, -0.2) is 0 Å². The maximum absolute atomic E-state index is 9.85. The Labute approximate surface area is 106 Å². The van der Waals surface area contributed by atoms with Crippen LogP contribution in [0.1, 0.15) is 19.3 Å². The fourth-order valence-electron chi connectivity index (χ4n) is 0.688. The second kappa shape index (κ2) is 12.1. The molecule has 0 spiro atoms. The highest BCUT2D eigenvalue weighted by atomic mass is 32.1. The van der Waals surface area contributed by atoms with Gasteiger partial charge in [0.15, 0.2) is 0 Å². The minimum Gasteiger partial charge on any atom is -0.481 e. The number of carboxylic acids is 1. The highest BCUT2D eigenvalue weighted by molar-refractivity contribution is 7.80. The molecule has 0 aromatic rings. The summed E-state index contributed by atoms with van der Waals surface area (Å²) in [6.07, 6.45) is 1.93. The number of hydrogen-bond acceptors (Lipinski definition) is 6. The second-order valence-corrected chi connectivity index (χ2v) is 4.15. The van der Waals surface area contributed by atoms with Crippen LogP contribution in [0, 0.1) is 5.41 Å². The molecule has 0 radical (unpaired) electrons. The third kappa shape index (κ3) is 10.5. The summed E-state index contributed by atoms with van der Waals surface area (Å²) in [5.74, 6) is 0.0691. The first-order chi connectivity index (χ1) is 8.01. The van der Waals surface area contributed by atoms with Crippen LogP contribution in [0.3, 0.4) is 0 Å². The van der Waals surface area contributed by atoms with Gasteiger partial charge in [0.05, 0.1) is 31.8 Å². The molecule has 6 nitrogen and oxygen atoms in total. The van der Waals surface area contributed by atoms with Crippen molar-refractivity contribution in [2.24, 2.45) is 5.41 Å². The van der Waals surface area contributed by atoms with E-state index < -0.39 is 37.8 Å². The maximum atomic E-state index is 9.85.